The average molecular weight is 270 g/mol. The number of hydrogen-bond donors (Lipinski definition) is 2. The molecule has 0 spiro atoms. The van der Waals surface area contributed by atoms with Gasteiger partial charge in [-0.05, 0) is 26.1 Å². The third-order valence-corrected chi connectivity index (χ3v) is 2.77. The molecule has 6 heteroatoms. The molecule has 1 aliphatic heterocycles. The van der Waals surface area contributed by atoms with Crippen molar-refractivity contribution in [2.24, 2.45) is 0 Å². The maximum Gasteiger partial charge on any atom is 0.274 e. The molecule has 0 aromatic heterocycles. The lowest BCUT2D eigenvalue weighted by Gasteiger charge is -2.15. The lowest BCUT2D eigenvalue weighted by Crippen LogP contribution is -2.27. The molecule has 0 fully saturated rings. The minimum absolute atomic E-state index is 0. The molecule has 0 aliphatic carbocycles. The van der Waals surface area contributed by atoms with Gasteiger partial charge in [-0.1, -0.05) is 6.07 Å². The molecule has 100 valence electrons. The number of hydroxylamine groups is 1. The Bertz CT molecular complexity index is 439. The van der Waals surface area contributed by atoms with E-state index in [1.807, 2.05) is 20.0 Å². The number of fused-ring (bicyclic) bond motifs is 1. The molecule has 1 aromatic rings. The molecule has 1 aromatic carbocycles. The number of rotatable bonds is 1. The van der Waals surface area contributed by atoms with Crippen molar-refractivity contribution >= 4 is 19.4 Å². The van der Waals surface area contributed by atoms with Crippen LogP contribution in [0.1, 0.15) is 22.8 Å². The van der Waals surface area contributed by atoms with Gasteiger partial charge in [0.1, 0.15) is 11.9 Å². The number of nitrogens with zero attached hydrogens (tertiary/aromatic N) is 1. The highest BCUT2D eigenvalue weighted by Crippen LogP contribution is 2.25. The van der Waals surface area contributed by atoms with Crippen LogP contribution in [0.4, 0.5) is 0 Å². The van der Waals surface area contributed by atoms with Crippen molar-refractivity contribution in [2.75, 3.05) is 13.6 Å². The Morgan fingerprint density at radius 3 is 2.94 bits per heavy atom. The summed E-state index contributed by atoms with van der Waals surface area (Å²) in [5.74, 6) is 0.185. The summed E-state index contributed by atoms with van der Waals surface area (Å²) in [5, 5.41) is 8.59. The van der Waals surface area contributed by atoms with Crippen LogP contribution in [0, 0.1) is 0 Å². The second kappa shape index (κ2) is 6.08. The standard InChI is InChI=1S/C12H16N2O3.H2S/c1-8-6-14(2)7-10-4-3-9(12(15)13-16)5-11(10)17-8;/h3-5,8,16H,6-7H2,1-2H3,(H,13,15);1H2/t8-;/m0./s1. The summed E-state index contributed by atoms with van der Waals surface area (Å²) in [6.07, 6.45) is 0.0775. The van der Waals surface area contributed by atoms with E-state index >= 15 is 0 Å². The Labute approximate surface area is 113 Å². The summed E-state index contributed by atoms with van der Waals surface area (Å²) in [6.45, 7) is 3.63. The molecule has 5 nitrogen and oxygen atoms in total. The topological polar surface area (TPSA) is 61.8 Å². The molecule has 1 atom stereocenters. The van der Waals surface area contributed by atoms with Gasteiger partial charge < -0.3 is 4.74 Å². The van der Waals surface area contributed by atoms with Crippen LogP contribution >= 0.6 is 13.5 Å². The lowest BCUT2D eigenvalue weighted by atomic mass is 10.1. The minimum Gasteiger partial charge on any atom is -0.489 e. The molecule has 0 saturated carbocycles. The van der Waals surface area contributed by atoms with Crippen LogP contribution in [0.5, 0.6) is 5.75 Å². The molecule has 2 N–H and O–H groups in total. The first-order chi connectivity index (χ1) is 8.10. The molecule has 0 radical (unpaired) electrons. The van der Waals surface area contributed by atoms with E-state index in [-0.39, 0.29) is 19.6 Å². The van der Waals surface area contributed by atoms with Gasteiger partial charge in [-0.25, -0.2) is 5.48 Å². The van der Waals surface area contributed by atoms with E-state index < -0.39 is 5.91 Å². The second-order valence-electron chi connectivity index (χ2n) is 4.39. The number of benzene rings is 1. The minimum atomic E-state index is -0.526. The van der Waals surface area contributed by atoms with Crippen molar-refractivity contribution in [1.29, 1.82) is 0 Å². The van der Waals surface area contributed by atoms with Crippen LogP contribution in [0.2, 0.25) is 0 Å². The van der Waals surface area contributed by atoms with Gasteiger partial charge in [-0.3, -0.25) is 14.9 Å². The number of amides is 1. The van der Waals surface area contributed by atoms with E-state index in [4.69, 9.17) is 9.94 Å². The SMILES string of the molecule is C[C@H]1CN(C)Cc2ccc(C(=O)NO)cc2O1.S. The van der Waals surface area contributed by atoms with Crippen molar-refractivity contribution < 1.29 is 14.7 Å². The predicted octanol–water partition coefficient (Wildman–Crippen LogP) is 1.13. The van der Waals surface area contributed by atoms with E-state index in [1.165, 1.54) is 0 Å². The van der Waals surface area contributed by atoms with Crippen LogP contribution in [0.15, 0.2) is 18.2 Å². The summed E-state index contributed by atoms with van der Waals surface area (Å²) >= 11 is 0. The summed E-state index contributed by atoms with van der Waals surface area (Å²) in [5.41, 5.74) is 3.06. The first-order valence-electron chi connectivity index (χ1n) is 5.52. The zero-order valence-electron chi connectivity index (χ0n) is 10.4. The summed E-state index contributed by atoms with van der Waals surface area (Å²) in [6, 6.07) is 5.20. The van der Waals surface area contributed by atoms with Crippen LogP contribution in [-0.2, 0) is 6.54 Å². The third-order valence-electron chi connectivity index (χ3n) is 2.77. The normalized spacial score (nSPS) is 18.9. The molecule has 0 saturated heterocycles. The van der Waals surface area contributed by atoms with E-state index in [0.29, 0.717) is 11.3 Å². The molecular formula is C12H18N2O3S. The molecule has 0 bridgehead atoms. The van der Waals surface area contributed by atoms with Crippen molar-refractivity contribution in [3.8, 4) is 5.75 Å². The fourth-order valence-electron chi connectivity index (χ4n) is 2.05. The number of carbonyl (C=O) groups excluding carboxylic acids is 1. The Morgan fingerprint density at radius 2 is 2.28 bits per heavy atom. The Hall–Kier alpha value is -1.24. The van der Waals surface area contributed by atoms with Gasteiger partial charge in [-0.2, -0.15) is 13.5 Å². The molecular weight excluding hydrogens is 252 g/mol. The first-order valence-corrected chi connectivity index (χ1v) is 5.52. The molecule has 18 heavy (non-hydrogen) atoms. The van der Waals surface area contributed by atoms with E-state index in [0.717, 1.165) is 18.7 Å². The second-order valence-corrected chi connectivity index (χ2v) is 4.39. The zero-order chi connectivity index (χ0) is 12.4. The van der Waals surface area contributed by atoms with Gasteiger partial charge in [0.2, 0.25) is 0 Å². The highest BCUT2D eigenvalue weighted by atomic mass is 32.1. The lowest BCUT2D eigenvalue weighted by molar-refractivity contribution is 0.0705. The fourth-order valence-corrected chi connectivity index (χ4v) is 2.05. The summed E-state index contributed by atoms with van der Waals surface area (Å²) < 4.78 is 5.76. The van der Waals surface area contributed by atoms with Crippen molar-refractivity contribution in [3.63, 3.8) is 0 Å². The van der Waals surface area contributed by atoms with E-state index in [2.05, 4.69) is 4.90 Å². The average Bonchev–Trinajstić information content (AvgIpc) is 2.43. The monoisotopic (exact) mass is 270 g/mol. The highest BCUT2D eigenvalue weighted by molar-refractivity contribution is 7.59. The summed E-state index contributed by atoms with van der Waals surface area (Å²) in [4.78, 5) is 13.5. The summed E-state index contributed by atoms with van der Waals surface area (Å²) in [7, 11) is 2.03. The van der Waals surface area contributed by atoms with Gasteiger partial charge in [0.15, 0.2) is 0 Å². The van der Waals surface area contributed by atoms with Crippen LogP contribution in [0.3, 0.4) is 0 Å². The fraction of sp³-hybridized carbons (Fsp3) is 0.417. The Balaban J connectivity index is 0.00000162. The van der Waals surface area contributed by atoms with E-state index in [9.17, 15) is 4.79 Å². The van der Waals surface area contributed by atoms with E-state index in [1.54, 1.807) is 17.6 Å². The van der Waals surface area contributed by atoms with Gasteiger partial charge in [-0.15, -0.1) is 0 Å². The number of nitrogens with one attached hydrogen (secondary N) is 1. The maximum atomic E-state index is 11.3. The van der Waals surface area contributed by atoms with Crippen molar-refractivity contribution in [3.05, 3.63) is 29.3 Å². The largest absolute Gasteiger partial charge is 0.489 e. The molecule has 1 aliphatic rings. The van der Waals surface area contributed by atoms with Gasteiger partial charge in [0.25, 0.3) is 5.91 Å². The van der Waals surface area contributed by atoms with Crippen molar-refractivity contribution in [1.82, 2.24) is 10.4 Å². The molecule has 0 unspecified atom stereocenters. The number of hydrogen-bond acceptors (Lipinski definition) is 4. The zero-order valence-corrected chi connectivity index (χ0v) is 11.4. The number of carbonyl (C=O) groups is 1. The smallest absolute Gasteiger partial charge is 0.274 e. The Kier molecular flexibility index (Phi) is 5.01. The first kappa shape index (κ1) is 14.8. The maximum absolute atomic E-state index is 11.3. The Morgan fingerprint density at radius 1 is 1.56 bits per heavy atom. The molecule has 2 rings (SSSR count). The quantitative estimate of drug-likeness (QED) is 0.593. The van der Waals surface area contributed by atoms with Crippen LogP contribution < -0.4 is 10.2 Å². The van der Waals surface area contributed by atoms with Crippen molar-refractivity contribution in [2.45, 2.75) is 19.6 Å². The van der Waals surface area contributed by atoms with Crippen LogP contribution in [-0.4, -0.2) is 35.7 Å². The van der Waals surface area contributed by atoms with Gasteiger partial charge in [0, 0.05) is 24.2 Å². The molecule has 1 amide bonds. The number of likely N-dealkylation sites (N-methyl/N-ethyl adjacent to an activating group) is 1. The van der Waals surface area contributed by atoms with Gasteiger partial charge >= 0.3 is 0 Å². The van der Waals surface area contributed by atoms with Gasteiger partial charge in [0.05, 0.1) is 0 Å². The van der Waals surface area contributed by atoms with Crippen LogP contribution in [0.25, 0.3) is 0 Å². The third kappa shape index (κ3) is 3.16. The molecule has 1 heterocycles. The number of ether oxygens (including phenoxy) is 1. The predicted molar refractivity (Wildman–Crippen MR) is 72.5 cm³/mol. The highest BCUT2D eigenvalue weighted by Gasteiger charge is 2.18.